The molecule has 0 saturated heterocycles. The molecule has 0 amide bonds. The van der Waals surface area contributed by atoms with Crippen LogP contribution in [0.4, 0.5) is 0 Å². The maximum absolute atomic E-state index is 11.6. The van der Waals surface area contributed by atoms with E-state index >= 15 is 0 Å². The van der Waals surface area contributed by atoms with Crippen molar-refractivity contribution >= 4 is 26.9 Å². The topological polar surface area (TPSA) is 50.4 Å². The largest absolute Gasteiger partial charge is 0.463 e. The van der Waals surface area contributed by atoms with Crippen LogP contribution in [0, 0.1) is 0 Å². The molecule has 0 unspecified atom stereocenters. The van der Waals surface area contributed by atoms with Gasteiger partial charge >= 0.3 is 0 Å². The summed E-state index contributed by atoms with van der Waals surface area (Å²) in [6.45, 7) is -0.0598. The van der Waals surface area contributed by atoms with E-state index in [4.69, 9.17) is 9.52 Å². The summed E-state index contributed by atoms with van der Waals surface area (Å²) in [5.74, 6) is 0. The molecule has 1 heterocycles. The van der Waals surface area contributed by atoms with E-state index < -0.39 is 0 Å². The van der Waals surface area contributed by atoms with Crippen LogP contribution in [0.5, 0.6) is 0 Å². The number of benzene rings is 1. The fourth-order valence-corrected chi connectivity index (χ4v) is 1.55. The van der Waals surface area contributed by atoms with Gasteiger partial charge in [-0.3, -0.25) is 4.79 Å². The summed E-state index contributed by atoms with van der Waals surface area (Å²) < 4.78 is 5.61. The first-order valence-electron chi connectivity index (χ1n) is 4.03. The second-order valence-corrected chi connectivity index (χ2v) is 3.76. The van der Waals surface area contributed by atoms with Gasteiger partial charge in [0.15, 0.2) is 0 Å². The Morgan fingerprint density at radius 1 is 1.40 bits per heavy atom. The van der Waals surface area contributed by atoms with Gasteiger partial charge in [-0.2, -0.15) is 0 Å². The van der Waals surface area contributed by atoms with Crippen LogP contribution in [-0.4, -0.2) is 5.11 Å². The Bertz CT molecular complexity index is 536. The Balaban J connectivity index is 0.00000112. The Kier molecular flexibility index (Phi) is 2.87. The van der Waals surface area contributed by atoms with Crippen molar-refractivity contribution in [2.24, 2.45) is 0 Å². The van der Waals surface area contributed by atoms with Gasteiger partial charge in [-0.05, 0) is 33.6 Å². The minimum Gasteiger partial charge on any atom is -0.463 e. The van der Waals surface area contributed by atoms with E-state index in [-0.39, 0.29) is 12.0 Å². The second-order valence-electron chi connectivity index (χ2n) is 2.90. The molecule has 0 radical (unpaired) electrons. The molecule has 3 nitrogen and oxygen atoms in total. The molecule has 1 N–H and O–H groups in total. The van der Waals surface area contributed by atoms with Crippen LogP contribution in [0.2, 0.25) is 0 Å². The van der Waals surface area contributed by atoms with Crippen molar-refractivity contribution in [1.82, 2.24) is 0 Å². The van der Waals surface area contributed by atoms with Gasteiger partial charge in [0, 0.05) is 0 Å². The molecule has 0 aliphatic heterocycles. The SMILES string of the molecule is O=c1c(Br)coc2cc(CO)ccc12.[Sg]. The zero-order chi connectivity index (χ0) is 10.1. The fraction of sp³-hybridized carbons (Fsp3) is 0.100. The number of aliphatic hydroxyl groups is 1. The van der Waals surface area contributed by atoms with E-state index in [1.165, 1.54) is 6.26 Å². The number of hydrogen-bond acceptors (Lipinski definition) is 3. The molecule has 0 saturated carbocycles. The van der Waals surface area contributed by atoms with Crippen LogP contribution < -0.4 is 5.43 Å². The molecule has 0 aliphatic carbocycles. The smallest absolute Gasteiger partial charge is 0.206 e. The molecular formula is C10H7BrO3Sg. The van der Waals surface area contributed by atoms with E-state index in [0.717, 1.165) is 5.56 Å². The van der Waals surface area contributed by atoms with Crippen molar-refractivity contribution in [3.8, 4) is 0 Å². The molecule has 0 atom stereocenters. The molecule has 0 aliphatic rings. The molecule has 2 rings (SSSR count). The summed E-state index contributed by atoms with van der Waals surface area (Å²) in [4.78, 5) is 11.6. The van der Waals surface area contributed by atoms with Gasteiger partial charge in [-0.25, -0.2) is 0 Å². The van der Waals surface area contributed by atoms with Crippen LogP contribution in [0.1, 0.15) is 5.56 Å². The van der Waals surface area contributed by atoms with Crippen LogP contribution >= 0.6 is 15.9 Å². The van der Waals surface area contributed by atoms with Gasteiger partial charge in [0.05, 0.1) is 12.0 Å². The van der Waals surface area contributed by atoms with Crippen molar-refractivity contribution < 1.29 is 9.52 Å². The van der Waals surface area contributed by atoms with Crippen molar-refractivity contribution in [3.05, 3.63) is 44.7 Å². The number of hydrogen-bond donors (Lipinski definition) is 1. The van der Waals surface area contributed by atoms with Gasteiger partial charge in [0.2, 0.25) is 5.43 Å². The molecule has 0 spiro atoms. The minimum atomic E-state index is -0.101. The molecule has 5 heteroatoms. The van der Waals surface area contributed by atoms with Crippen LogP contribution in [0.15, 0.2) is 38.1 Å². The van der Waals surface area contributed by atoms with Gasteiger partial charge in [0.25, 0.3) is 0 Å². The van der Waals surface area contributed by atoms with E-state index in [0.29, 0.717) is 15.4 Å². The number of fused-ring (bicyclic) bond motifs is 1. The first-order valence-corrected chi connectivity index (χ1v) is 4.82. The third-order valence-electron chi connectivity index (χ3n) is 1.98. The molecule has 15 heavy (non-hydrogen) atoms. The Morgan fingerprint density at radius 2 is 2.13 bits per heavy atom. The Labute approximate surface area is 88.1 Å². The van der Waals surface area contributed by atoms with Crippen molar-refractivity contribution in [3.63, 3.8) is 0 Å². The maximum Gasteiger partial charge on any atom is 0.206 e. The van der Waals surface area contributed by atoms with Crippen LogP contribution in [-0.2, 0) is 6.61 Å². The predicted octanol–water partition coefficient (Wildman–Crippen LogP) is 2.05. The quantitative estimate of drug-likeness (QED) is 0.622. The van der Waals surface area contributed by atoms with Crippen molar-refractivity contribution in [1.29, 1.82) is 0 Å². The summed E-state index contributed by atoms with van der Waals surface area (Å²) in [6, 6.07) is 5.01. The molecule has 0 fully saturated rings. The summed E-state index contributed by atoms with van der Waals surface area (Å²) in [5, 5.41) is 9.40. The monoisotopic (exact) mass is 525 g/mol. The summed E-state index contributed by atoms with van der Waals surface area (Å²) >= 11 is 3.10. The van der Waals surface area contributed by atoms with E-state index in [9.17, 15) is 4.79 Å². The summed E-state index contributed by atoms with van der Waals surface area (Å²) in [6.07, 6.45) is 1.35. The van der Waals surface area contributed by atoms with Crippen LogP contribution in [0.25, 0.3) is 11.0 Å². The normalized spacial score (nSPS) is 10.0. The molecular weight excluding hydrogens is 517 g/mol. The minimum absolute atomic E-state index is 0. The van der Waals surface area contributed by atoms with Crippen molar-refractivity contribution in [2.75, 3.05) is 0 Å². The molecule has 1 aromatic carbocycles. The summed E-state index contributed by atoms with van der Waals surface area (Å²) in [7, 11) is 0. The average molecular weight is 524 g/mol. The Hall–Kier alpha value is -2.13. The third kappa shape index (κ3) is 1.73. The third-order valence-corrected chi connectivity index (χ3v) is 2.53. The van der Waals surface area contributed by atoms with Gasteiger partial charge in [0.1, 0.15) is 16.3 Å². The molecule has 2 aromatic rings. The van der Waals surface area contributed by atoms with E-state index in [1.54, 1.807) is 18.2 Å². The number of aliphatic hydroxyl groups excluding tert-OH is 1. The number of rotatable bonds is 1. The van der Waals surface area contributed by atoms with E-state index in [2.05, 4.69) is 15.9 Å². The second kappa shape index (κ2) is 3.94. The Morgan fingerprint density at radius 3 is 2.80 bits per heavy atom. The first kappa shape index (κ1) is 10.9. The molecule has 74 valence electrons. The number of halogens is 1. The standard InChI is InChI=1S/C10H7BrO3.Sg/c11-8-5-14-9-3-6(4-12)1-2-7(9)10(8)13;/h1-3,5,12H,4H2;. The molecule has 0 bridgehead atoms. The van der Waals surface area contributed by atoms with Gasteiger partial charge in [-0.1, -0.05) is 6.07 Å². The maximum atomic E-state index is 11.6. The van der Waals surface area contributed by atoms with Gasteiger partial charge in [-0.15, -0.1) is 0 Å². The fourth-order valence-electron chi connectivity index (χ4n) is 1.25. The predicted molar refractivity (Wildman–Crippen MR) is 56.1 cm³/mol. The van der Waals surface area contributed by atoms with Crippen molar-refractivity contribution in [2.45, 2.75) is 6.61 Å². The first-order chi connectivity index (χ1) is 6.72. The zero-order valence-corrected chi connectivity index (χ0v) is 15.9. The summed E-state index contributed by atoms with van der Waals surface area (Å²) in [5.41, 5.74) is 1.11. The molecule has 1 aromatic heterocycles. The van der Waals surface area contributed by atoms with E-state index in [1.807, 2.05) is 0 Å². The van der Waals surface area contributed by atoms with Crippen LogP contribution in [0.3, 0.4) is 0 Å². The van der Waals surface area contributed by atoms with Gasteiger partial charge < -0.3 is 9.52 Å². The zero-order valence-electron chi connectivity index (χ0n) is 7.87. The average Bonchev–Trinajstić information content (AvgIpc) is 2.23.